The van der Waals surface area contributed by atoms with Gasteiger partial charge in [-0.15, -0.1) is 5.10 Å². The van der Waals surface area contributed by atoms with E-state index in [2.05, 4.69) is 25.3 Å². The van der Waals surface area contributed by atoms with Crippen molar-refractivity contribution in [1.29, 1.82) is 0 Å². The van der Waals surface area contributed by atoms with Crippen molar-refractivity contribution in [1.82, 2.24) is 34.5 Å². The standard InChI is InChI=1S/C23H20F2N8O/c1-3-18(17-11-33(31-30-17)19-7-5-4-6-16(19)25)32-10-15(20-21(26)28-12-29-22(20)32)14-8-13(24)9-27-23(14)34-2/h4-12,18H,3H2,1-2H3,(H2,26,28,29). The van der Waals surface area contributed by atoms with E-state index >= 15 is 0 Å². The minimum absolute atomic E-state index is 0.231. The minimum Gasteiger partial charge on any atom is -0.481 e. The summed E-state index contributed by atoms with van der Waals surface area (Å²) in [4.78, 5) is 12.6. The minimum atomic E-state index is -0.521. The van der Waals surface area contributed by atoms with Crippen LogP contribution in [0.15, 0.2) is 55.2 Å². The van der Waals surface area contributed by atoms with E-state index in [9.17, 15) is 8.78 Å². The van der Waals surface area contributed by atoms with Crippen molar-refractivity contribution >= 4 is 16.9 Å². The maximum Gasteiger partial charge on any atom is 0.221 e. The molecule has 0 saturated carbocycles. The van der Waals surface area contributed by atoms with Gasteiger partial charge in [-0.1, -0.05) is 24.3 Å². The molecule has 0 aliphatic rings. The van der Waals surface area contributed by atoms with Crippen molar-refractivity contribution in [3.8, 4) is 22.7 Å². The highest BCUT2D eigenvalue weighted by Gasteiger charge is 2.25. The third-order valence-corrected chi connectivity index (χ3v) is 5.61. The molecule has 9 nitrogen and oxygen atoms in total. The fourth-order valence-electron chi connectivity index (χ4n) is 4.07. The van der Waals surface area contributed by atoms with Crippen LogP contribution in [0.3, 0.4) is 0 Å². The summed E-state index contributed by atoms with van der Waals surface area (Å²) in [6, 6.07) is 7.32. The number of nitrogens with two attached hydrogens (primary N) is 1. The van der Waals surface area contributed by atoms with Gasteiger partial charge in [-0.3, -0.25) is 0 Å². The van der Waals surface area contributed by atoms with Gasteiger partial charge in [-0.05, 0) is 24.6 Å². The Morgan fingerprint density at radius 1 is 1.09 bits per heavy atom. The average Bonchev–Trinajstić information content (AvgIpc) is 3.47. The van der Waals surface area contributed by atoms with Crippen LogP contribution in [0.4, 0.5) is 14.6 Å². The van der Waals surface area contributed by atoms with Gasteiger partial charge >= 0.3 is 0 Å². The number of hydrogen-bond donors (Lipinski definition) is 1. The number of benzene rings is 1. The number of nitrogen functional groups attached to an aromatic ring is 1. The molecule has 5 aromatic rings. The molecule has 0 bridgehead atoms. The van der Waals surface area contributed by atoms with Crippen LogP contribution < -0.4 is 10.5 Å². The van der Waals surface area contributed by atoms with E-state index < -0.39 is 11.6 Å². The summed E-state index contributed by atoms with van der Waals surface area (Å²) in [5, 5.41) is 8.95. The third-order valence-electron chi connectivity index (χ3n) is 5.61. The van der Waals surface area contributed by atoms with Crippen molar-refractivity contribution in [2.24, 2.45) is 0 Å². The predicted molar refractivity (Wildman–Crippen MR) is 121 cm³/mol. The molecule has 0 aliphatic heterocycles. The first-order valence-corrected chi connectivity index (χ1v) is 10.5. The molecule has 0 fully saturated rings. The van der Waals surface area contributed by atoms with Gasteiger partial charge in [-0.2, -0.15) is 0 Å². The Kier molecular flexibility index (Phi) is 5.36. The number of halogens is 2. The second kappa shape index (κ2) is 8.50. The topological polar surface area (TPSA) is 110 Å². The number of hydrogen-bond acceptors (Lipinski definition) is 7. The summed E-state index contributed by atoms with van der Waals surface area (Å²) in [5.74, 6) is -0.462. The molecule has 1 atom stereocenters. The number of aromatic nitrogens is 7. The Balaban J connectivity index is 1.68. The van der Waals surface area contributed by atoms with E-state index in [4.69, 9.17) is 10.5 Å². The van der Waals surface area contributed by atoms with E-state index in [-0.39, 0.29) is 23.4 Å². The van der Waals surface area contributed by atoms with Crippen molar-refractivity contribution in [3.05, 3.63) is 72.6 Å². The smallest absolute Gasteiger partial charge is 0.221 e. The van der Waals surface area contributed by atoms with E-state index in [0.717, 1.165) is 6.20 Å². The van der Waals surface area contributed by atoms with E-state index in [1.54, 1.807) is 30.6 Å². The average molecular weight is 462 g/mol. The molecule has 0 amide bonds. The maximum atomic E-state index is 14.3. The molecule has 1 aromatic carbocycles. The SMILES string of the molecule is CCC(c1cn(-c2ccccc2F)nn1)n1cc(-c2cc(F)cnc2OC)c2c(N)ncnc21. The first-order valence-electron chi connectivity index (χ1n) is 10.5. The molecule has 2 N–H and O–H groups in total. The molecule has 0 radical (unpaired) electrons. The third kappa shape index (κ3) is 3.51. The highest BCUT2D eigenvalue weighted by atomic mass is 19.1. The summed E-state index contributed by atoms with van der Waals surface area (Å²) < 4.78 is 37.0. The molecular formula is C23H20F2N8O. The van der Waals surface area contributed by atoms with E-state index in [1.165, 1.54) is 30.3 Å². The summed E-state index contributed by atoms with van der Waals surface area (Å²) in [7, 11) is 1.46. The molecule has 4 aromatic heterocycles. The zero-order chi connectivity index (χ0) is 23.8. The first kappa shape index (κ1) is 21.4. The van der Waals surface area contributed by atoms with Gasteiger partial charge in [0.05, 0.1) is 30.9 Å². The molecule has 11 heteroatoms. The van der Waals surface area contributed by atoms with Crippen LogP contribution in [0.25, 0.3) is 27.8 Å². The lowest BCUT2D eigenvalue weighted by atomic mass is 10.1. The van der Waals surface area contributed by atoms with Crippen LogP contribution in [-0.4, -0.2) is 41.6 Å². The normalized spacial score (nSPS) is 12.2. The van der Waals surface area contributed by atoms with Crippen molar-refractivity contribution < 1.29 is 13.5 Å². The second-order valence-corrected chi connectivity index (χ2v) is 7.58. The van der Waals surface area contributed by atoms with Gasteiger partial charge in [0.15, 0.2) is 0 Å². The Bertz CT molecular complexity index is 1500. The van der Waals surface area contributed by atoms with E-state index in [1.807, 2.05) is 11.5 Å². The molecule has 5 rings (SSSR count). The number of methoxy groups -OCH3 is 1. The van der Waals surface area contributed by atoms with Crippen molar-refractivity contribution in [3.63, 3.8) is 0 Å². The van der Waals surface area contributed by atoms with Gasteiger partial charge in [-0.25, -0.2) is 28.4 Å². The quantitative estimate of drug-likeness (QED) is 0.407. The number of para-hydroxylation sites is 1. The zero-order valence-corrected chi connectivity index (χ0v) is 18.4. The zero-order valence-electron chi connectivity index (χ0n) is 18.4. The fourth-order valence-corrected chi connectivity index (χ4v) is 4.07. The van der Waals surface area contributed by atoms with Gasteiger partial charge in [0, 0.05) is 17.3 Å². The molecule has 1 unspecified atom stereocenters. The van der Waals surface area contributed by atoms with Gasteiger partial charge in [0.2, 0.25) is 5.88 Å². The predicted octanol–water partition coefficient (Wildman–Crippen LogP) is 3.94. The van der Waals surface area contributed by atoms with Crippen LogP contribution in [0.1, 0.15) is 25.1 Å². The lowest BCUT2D eigenvalue weighted by Gasteiger charge is -2.15. The number of anilines is 1. The van der Waals surface area contributed by atoms with Crippen molar-refractivity contribution in [2.75, 3.05) is 12.8 Å². The highest BCUT2D eigenvalue weighted by molar-refractivity contribution is 6.01. The summed E-state index contributed by atoms with van der Waals surface area (Å²) in [6.07, 6.45) is 6.53. The largest absolute Gasteiger partial charge is 0.481 e. The lowest BCUT2D eigenvalue weighted by molar-refractivity contribution is 0.398. The first-order chi connectivity index (χ1) is 16.5. The van der Waals surface area contributed by atoms with E-state index in [0.29, 0.717) is 34.3 Å². The summed E-state index contributed by atoms with van der Waals surface area (Å²) >= 11 is 0. The number of nitrogens with zero attached hydrogens (tertiary/aromatic N) is 7. The highest BCUT2D eigenvalue weighted by Crippen LogP contribution is 2.39. The Hall–Kier alpha value is -4.41. The van der Waals surface area contributed by atoms with Crippen LogP contribution in [0.2, 0.25) is 0 Å². The molecule has 34 heavy (non-hydrogen) atoms. The molecule has 0 spiro atoms. The maximum absolute atomic E-state index is 14.3. The Morgan fingerprint density at radius 3 is 2.68 bits per heavy atom. The van der Waals surface area contributed by atoms with Crippen molar-refractivity contribution in [2.45, 2.75) is 19.4 Å². The molecule has 172 valence electrons. The number of fused-ring (bicyclic) bond motifs is 1. The molecule has 0 saturated heterocycles. The Labute approximate surface area is 192 Å². The summed E-state index contributed by atoms with van der Waals surface area (Å²) in [5.41, 5.74) is 8.61. The van der Waals surface area contributed by atoms with Gasteiger partial charge < -0.3 is 15.0 Å². The number of rotatable bonds is 6. The van der Waals surface area contributed by atoms with Crippen LogP contribution in [0, 0.1) is 11.6 Å². The van der Waals surface area contributed by atoms with Crippen LogP contribution in [0.5, 0.6) is 5.88 Å². The fraction of sp³-hybridized carbons (Fsp3) is 0.174. The second-order valence-electron chi connectivity index (χ2n) is 7.58. The van der Waals surface area contributed by atoms with Crippen LogP contribution >= 0.6 is 0 Å². The molecule has 0 aliphatic carbocycles. The van der Waals surface area contributed by atoms with Crippen LogP contribution in [-0.2, 0) is 0 Å². The van der Waals surface area contributed by atoms with Gasteiger partial charge in [0.1, 0.15) is 40.8 Å². The summed E-state index contributed by atoms with van der Waals surface area (Å²) in [6.45, 7) is 1.98. The molecular weight excluding hydrogens is 442 g/mol. The lowest BCUT2D eigenvalue weighted by Crippen LogP contribution is -2.10. The monoisotopic (exact) mass is 462 g/mol. The molecule has 4 heterocycles. The van der Waals surface area contributed by atoms with Gasteiger partial charge in [0.25, 0.3) is 0 Å². The Morgan fingerprint density at radius 2 is 1.91 bits per heavy atom. The number of pyridine rings is 1. The number of ether oxygens (including phenoxy) is 1.